The Labute approximate surface area is 145 Å². The fraction of sp³-hybridized carbons (Fsp3) is 0.100. The maximum Gasteiger partial charge on any atom is 0.273 e. The summed E-state index contributed by atoms with van der Waals surface area (Å²) in [6, 6.07) is 16.5. The van der Waals surface area contributed by atoms with Gasteiger partial charge in [-0.1, -0.05) is 54.5 Å². The van der Waals surface area contributed by atoms with Crippen molar-refractivity contribution in [2.75, 3.05) is 0 Å². The SMILES string of the molecule is C#CCn1cc(/C=N\NC(=O)[C@@H](O)c2ccccc2)c2ccccc21. The third-order valence-corrected chi connectivity index (χ3v) is 3.82. The quantitative estimate of drug-likeness (QED) is 0.428. The van der Waals surface area contributed by atoms with E-state index in [1.165, 1.54) is 0 Å². The summed E-state index contributed by atoms with van der Waals surface area (Å²) >= 11 is 0. The molecule has 0 radical (unpaired) electrons. The molecule has 1 atom stereocenters. The van der Waals surface area contributed by atoms with Crippen LogP contribution in [-0.4, -0.2) is 21.8 Å². The van der Waals surface area contributed by atoms with Gasteiger partial charge in [0.25, 0.3) is 5.91 Å². The lowest BCUT2D eigenvalue weighted by molar-refractivity contribution is -0.129. The Hall–Kier alpha value is -3.36. The molecule has 5 heteroatoms. The van der Waals surface area contributed by atoms with Crippen molar-refractivity contribution in [3.05, 3.63) is 71.9 Å². The minimum Gasteiger partial charge on any atom is -0.378 e. The number of nitrogens with one attached hydrogen (secondary N) is 1. The number of amides is 1. The first-order valence-corrected chi connectivity index (χ1v) is 7.78. The molecule has 0 saturated carbocycles. The molecule has 1 heterocycles. The standard InChI is InChI=1S/C20H17N3O2/c1-2-12-23-14-16(17-10-6-7-11-18(17)23)13-21-22-20(25)19(24)15-8-4-3-5-9-15/h1,3-11,13-14,19,24H,12H2,(H,22,25)/b21-13-/t19-/m0/s1. The molecule has 0 saturated heterocycles. The lowest BCUT2D eigenvalue weighted by Crippen LogP contribution is -2.25. The van der Waals surface area contributed by atoms with Crippen LogP contribution in [0.5, 0.6) is 0 Å². The van der Waals surface area contributed by atoms with Gasteiger partial charge in [-0.2, -0.15) is 5.10 Å². The van der Waals surface area contributed by atoms with Gasteiger partial charge in [0.05, 0.1) is 12.8 Å². The zero-order chi connectivity index (χ0) is 17.6. The smallest absolute Gasteiger partial charge is 0.273 e. The average molecular weight is 331 g/mol. The van der Waals surface area contributed by atoms with Crippen molar-refractivity contribution in [3.63, 3.8) is 0 Å². The Balaban J connectivity index is 1.75. The number of hydrogen-bond acceptors (Lipinski definition) is 3. The fourth-order valence-corrected chi connectivity index (χ4v) is 2.62. The second kappa shape index (κ2) is 7.47. The molecule has 3 aromatic rings. The molecule has 25 heavy (non-hydrogen) atoms. The molecule has 2 N–H and O–H groups in total. The monoisotopic (exact) mass is 331 g/mol. The Kier molecular flexibility index (Phi) is 4.93. The van der Waals surface area contributed by atoms with Gasteiger partial charge in [-0.15, -0.1) is 6.42 Å². The van der Waals surface area contributed by atoms with Gasteiger partial charge in [0, 0.05) is 22.7 Å². The molecule has 3 rings (SSSR count). The molecule has 1 amide bonds. The summed E-state index contributed by atoms with van der Waals surface area (Å²) in [5.41, 5.74) is 4.71. The van der Waals surface area contributed by atoms with Crippen molar-refractivity contribution in [3.8, 4) is 12.3 Å². The largest absolute Gasteiger partial charge is 0.378 e. The minimum absolute atomic E-state index is 0.452. The van der Waals surface area contributed by atoms with Gasteiger partial charge in [0.2, 0.25) is 0 Å². The Morgan fingerprint density at radius 1 is 1.24 bits per heavy atom. The van der Waals surface area contributed by atoms with Crippen LogP contribution >= 0.6 is 0 Å². The summed E-state index contributed by atoms with van der Waals surface area (Å²) in [7, 11) is 0. The minimum atomic E-state index is -1.26. The summed E-state index contributed by atoms with van der Waals surface area (Å²) in [4.78, 5) is 12.0. The lowest BCUT2D eigenvalue weighted by atomic mass is 10.1. The molecule has 0 aliphatic rings. The van der Waals surface area contributed by atoms with E-state index < -0.39 is 12.0 Å². The van der Waals surface area contributed by atoms with Gasteiger partial charge in [-0.3, -0.25) is 4.79 Å². The number of aromatic nitrogens is 1. The molecule has 0 unspecified atom stereocenters. The van der Waals surface area contributed by atoms with Crippen LogP contribution in [0.3, 0.4) is 0 Å². The molecule has 0 bridgehead atoms. The number of terminal acetylenes is 1. The van der Waals surface area contributed by atoms with Gasteiger partial charge < -0.3 is 9.67 Å². The molecule has 0 aliphatic carbocycles. The van der Waals surface area contributed by atoms with Crippen LogP contribution in [0.4, 0.5) is 0 Å². The molecule has 5 nitrogen and oxygen atoms in total. The van der Waals surface area contributed by atoms with E-state index >= 15 is 0 Å². The van der Waals surface area contributed by atoms with Crippen molar-refractivity contribution in [2.24, 2.45) is 5.10 Å². The third-order valence-electron chi connectivity index (χ3n) is 3.82. The predicted octanol–water partition coefficient (Wildman–Crippen LogP) is 2.46. The Bertz CT molecular complexity index is 952. The van der Waals surface area contributed by atoms with Gasteiger partial charge in [-0.25, -0.2) is 5.43 Å². The molecule has 1 aromatic heterocycles. The number of carbonyl (C=O) groups excluding carboxylic acids is 1. The first kappa shape index (κ1) is 16.5. The normalized spacial score (nSPS) is 12.2. The number of para-hydroxylation sites is 1. The molecular formula is C20H17N3O2. The Morgan fingerprint density at radius 3 is 2.72 bits per heavy atom. The van der Waals surface area contributed by atoms with E-state index in [-0.39, 0.29) is 0 Å². The van der Waals surface area contributed by atoms with Crippen LogP contribution in [0.1, 0.15) is 17.2 Å². The summed E-state index contributed by atoms with van der Waals surface area (Å²) in [6.45, 7) is 0.452. The molecular weight excluding hydrogens is 314 g/mol. The van der Waals surface area contributed by atoms with Crippen LogP contribution < -0.4 is 5.43 Å². The summed E-state index contributed by atoms with van der Waals surface area (Å²) < 4.78 is 1.94. The third kappa shape index (κ3) is 3.60. The first-order chi connectivity index (χ1) is 12.2. The van der Waals surface area contributed by atoms with E-state index in [0.717, 1.165) is 16.5 Å². The van der Waals surface area contributed by atoms with Crippen molar-refractivity contribution >= 4 is 23.0 Å². The topological polar surface area (TPSA) is 66.6 Å². The molecule has 2 aromatic carbocycles. The van der Waals surface area contributed by atoms with E-state index in [2.05, 4.69) is 16.4 Å². The number of nitrogens with zero attached hydrogens (tertiary/aromatic N) is 2. The maximum atomic E-state index is 12.0. The number of benzene rings is 2. The van der Waals surface area contributed by atoms with E-state index in [4.69, 9.17) is 6.42 Å². The second-order valence-corrected chi connectivity index (χ2v) is 5.48. The van der Waals surface area contributed by atoms with Gasteiger partial charge >= 0.3 is 0 Å². The van der Waals surface area contributed by atoms with Crippen molar-refractivity contribution < 1.29 is 9.90 Å². The number of hydrogen-bond donors (Lipinski definition) is 2. The van der Waals surface area contributed by atoms with E-state index in [1.54, 1.807) is 30.5 Å². The van der Waals surface area contributed by atoms with E-state index in [0.29, 0.717) is 12.1 Å². The van der Waals surface area contributed by atoms with Crippen LogP contribution in [0, 0.1) is 12.3 Å². The lowest BCUT2D eigenvalue weighted by Gasteiger charge is -2.08. The number of carbonyl (C=O) groups is 1. The zero-order valence-corrected chi connectivity index (χ0v) is 13.5. The van der Waals surface area contributed by atoms with Crippen LogP contribution in [0.25, 0.3) is 10.9 Å². The number of aliphatic hydroxyl groups excluding tert-OH is 1. The highest BCUT2D eigenvalue weighted by molar-refractivity contribution is 5.99. The van der Waals surface area contributed by atoms with Gasteiger partial charge in [0.1, 0.15) is 0 Å². The van der Waals surface area contributed by atoms with Gasteiger partial charge in [0.15, 0.2) is 6.10 Å². The van der Waals surface area contributed by atoms with Gasteiger partial charge in [-0.05, 0) is 11.6 Å². The highest BCUT2D eigenvalue weighted by Crippen LogP contribution is 2.19. The average Bonchev–Trinajstić information content (AvgIpc) is 3.00. The fourth-order valence-electron chi connectivity index (χ4n) is 2.62. The van der Waals surface area contributed by atoms with Crippen molar-refractivity contribution in [1.29, 1.82) is 0 Å². The van der Waals surface area contributed by atoms with Crippen molar-refractivity contribution in [1.82, 2.24) is 9.99 Å². The zero-order valence-electron chi connectivity index (χ0n) is 13.5. The molecule has 0 aliphatic heterocycles. The van der Waals surface area contributed by atoms with Crippen molar-refractivity contribution in [2.45, 2.75) is 12.6 Å². The highest BCUT2D eigenvalue weighted by atomic mass is 16.3. The predicted molar refractivity (Wildman–Crippen MR) is 97.9 cm³/mol. The number of rotatable bonds is 5. The van der Waals surface area contributed by atoms with E-state index in [9.17, 15) is 9.90 Å². The van der Waals surface area contributed by atoms with Crippen LogP contribution in [0.2, 0.25) is 0 Å². The number of hydrazone groups is 1. The Morgan fingerprint density at radius 2 is 1.96 bits per heavy atom. The number of fused-ring (bicyclic) bond motifs is 1. The number of aliphatic hydroxyl groups is 1. The molecule has 0 spiro atoms. The van der Waals surface area contributed by atoms with E-state index in [1.807, 2.05) is 41.1 Å². The maximum absolute atomic E-state index is 12.0. The first-order valence-electron chi connectivity index (χ1n) is 7.78. The molecule has 124 valence electrons. The summed E-state index contributed by atoms with van der Waals surface area (Å²) in [6.07, 6.45) is 7.57. The second-order valence-electron chi connectivity index (χ2n) is 5.48. The summed E-state index contributed by atoms with van der Waals surface area (Å²) in [5.74, 6) is 2.02. The highest BCUT2D eigenvalue weighted by Gasteiger charge is 2.16. The summed E-state index contributed by atoms with van der Waals surface area (Å²) in [5, 5.41) is 15.0. The van der Waals surface area contributed by atoms with Crippen LogP contribution in [0.15, 0.2) is 65.9 Å². The van der Waals surface area contributed by atoms with Crippen LogP contribution in [-0.2, 0) is 11.3 Å². The molecule has 0 fully saturated rings.